The SMILES string of the molecule is Cc1cc(C)c(C(=O)P(=O)(C(=O)OCCBr)c2ccccc2)c(C)c1. The Bertz CT molecular complexity index is 823. The minimum absolute atomic E-state index is 0.0504. The summed E-state index contributed by atoms with van der Waals surface area (Å²) in [5.74, 6) is 0. The van der Waals surface area contributed by atoms with E-state index in [4.69, 9.17) is 4.74 Å². The molecule has 0 N–H and O–H groups in total. The van der Waals surface area contributed by atoms with Crippen LogP contribution in [0.15, 0.2) is 42.5 Å². The van der Waals surface area contributed by atoms with Crippen LogP contribution >= 0.6 is 23.1 Å². The number of hydrogen-bond donors (Lipinski definition) is 0. The zero-order valence-electron chi connectivity index (χ0n) is 14.4. The normalized spacial score (nSPS) is 13.1. The standard InChI is InChI=1S/C19H20BrO4P/c1-13-11-14(2)17(15(3)12-13)18(21)25(23,19(22)24-10-9-20)16-7-5-4-6-8-16/h4-8,11-12H,9-10H2,1-3H3. The molecule has 0 radical (unpaired) electrons. The fourth-order valence-corrected chi connectivity index (χ4v) is 5.14. The van der Waals surface area contributed by atoms with Crippen molar-refractivity contribution in [2.75, 3.05) is 11.9 Å². The molecule has 6 heteroatoms. The molecule has 0 aliphatic carbocycles. The van der Waals surface area contributed by atoms with Crippen LogP contribution in [0.5, 0.6) is 0 Å². The van der Waals surface area contributed by atoms with Gasteiger partial charge in [0.15, 0.2) is 0 Å². The van der Waals surface area contributed by atoms with Gasteiger partial charge in [0.05, 0.1) is 0 Å². The summed E-state index contributed by atoms with van der Waals surface area (Å²) in [5, 5.41) is 0.601. The molecular weight excluding hydrogens is 403 g/mol. The van der Waals surface area contributed by atoms with Gasteiger partial charge in [-0.05, 0) is 31.9 Å². The third kappa shape index (κ3) is 3.94. The van der Waals surface area contributed by atoms with Gasteiger partial charge in [0.2, 0.25) is 5.52 Å². The van der Waals surface area contributed by atoms with E-state index in [-0.39, 0.29) is 11.9 Å². The third-order valence-electron chi connectivity index (χ3n) is 3.86. The molecule has 4 nitrogen and oxygen atoms in total. The number of rotatable bonds is 6. The summed E-state index contributed by atoms with van der Waals surface area (Å²) < 4.78 is 18.8. The first-order chi connectivity index (χ1) is 11.8. The predicted molar refractivity (Wildman–Crippen MR) is 104 cm³/mol. The van der Waals surface area contributed by atoms with Crippen LogP contribution in [0.4, 0.5) is 4.79 Å². The molecule has 0 saturated carbocycles. The van der Waals surface area contributed by atoms with Gasteiger partial charge in [-0.2, -0.15) is 0 Å². The Kier molecular flexibility index (Phi) is 6.36. The van der Waals surface area contributed by atoms with E-state index in [9.17, 15) is 14.2 Å². The highest BCUT2D eigenvalue weighted by molar-refractivity contribution is 9.09. The Morgan fingerprint density at radius 3 is 2.12 bits per heavy atom. The second-order valence-corrected chi connectivity index (χ2v) is 9.13. The fraction of sp³-hybridized carbons (Fsp3) is 0.263. The molecule has 132 valence electrons. The molecule has 2 aromatic carbocycles. The van der Waals surface area contributed by atoms with Gasteiger partial charge in [0, 0.05) is 16.2 Å². The number of benzene rings is 2. The average Bonchev–Trinajstić information content (AvgIpc) is 2.58. The largest absolute Gasteiger partial charge is 0.459 e. The lowest BCUT2D eigenvalue weighted by atomic mass is 10.0. The molecule has 2 rings (SSSR count). The van der Waals surface area contributed by atoms with Crippen molar-refractivity contribution >= 4 is 39.6 Å². The quantitative estimate of drug-likeness (QED) is 0.486. The summed E-state index contributed by atoms with van der Waals surface area (Å²) in [6.45, 7) is 5.54. The first-order valence-corrected chi connectivity index (χ1v) is 10.7. The maximum absolute atomic E-state index is 13.7. The van der Waals surface area contributed by atoms with Crippen molar-refractivity contribution in [3.05, 3.63) is 64.7 Å². The zero-order valence-corrected chi connectivity index (χ0v) is 16.9. The Morgan fingerprint density at radius 2 is 1.60 bits per heavy atom. The van der Waals surface area contributed by atoms with Crippen LogP contribution in [-0.4, -0.2) is 23.2 Å². The molecule has 2 aromatic rings. The van der Waals surface area contributed by atoms with Gasteiger partial charge in [-0.1, -0.05) is 64.0 Å². The van der Waals surface area contributed by atoms with Gasteiger partial charge < -0.3 is 4.74 Å². The first-order valence-electron chi connectivity index (χ1n) is 7.84. The number of aryl methyl sites for hydroxylation is 3. The lowest BCUT2D eigenvalue weighted by Gasteiger charge is -2.18. The molecule has 0 fully saturated rings. The molecule has 25 heavy (non-hydrogen) atoms. The fourth-order valence-electron chi connectivity index (χ4n) is 2.84. The van der Waals surface area contributed by atoms with E-state index in [0.717, 1.165) is 5.56 Å². The highest BCUT2D eigenvalue weighted by Crippen LogP contribution is 2.50. The molecule has 1 unspecified atom stereocenters. The molecular formula is C19H20BrO4P. The Hall–Kier alpha value is -1.71. The van der Waals surface area contributed by atoms with Gasteiger partial charge >= 0.3 is 5.71 Å². The molecule has 0 spiro atoms. The van der Waals surface area contributed by atoms with Crippen LogP contribution in [0.1, 0.15) is 27.0 Å². The molecule has 0 heterocycles. The Morgan fingerprint density at radius 1 is 1.04 bits per heavy atom. The van der Waals surface area contributed by atoms with E-state index >= 15 is 0 Å². The first kappa shape index (κ1) is 19.6. The predicted octanol–water partition coefficient (Wildman–Crippen LogP) is 4.97. The summed E-state index contributed by atoms with van der Waals surface area (Å²) in [6.07, 6.45) is 0. The van der Waals surface area contributed by atoms with Crippen LogP contribution in [0.25, 0.3) is 0 Å². The lowest BCUT2D eigenvalue weighted by molar-refractivity contribution is 0.107. The van der Waals surface area contributed by atoms with E-state index in [1.165, 1.54) is 12.1 Å². The number of ether oxygens (including phenoxy) is 1. The van der Waals surface area contributed by atoms with Crippen LogP contribution in [0.2, 0.25) is 0 Å². The van der Waals surface area contributed by atoms with E-state index in [1.54, 1.807) is 32.0 Å². The Balaban J connectivity index is 2.63. The smallest absolute Gasteiger partial charge is 0.376 e. The maximum Gasteiger partial charge on any atom is 0.376 e. The molecule has 0 bridgehead atoms. The molecule has 0 aromatic heterocycles. The number of carbonyl (C=O) groups excluding carboxylic acids is 2. The van der Waals surface area contributed by atoms with Gasteiger partial charge in [0.1, 0.15) is 6.61 Å². The van der Waals surface area contributed by atoms with Crippen LogP contribution in [0, 0.1) is 20.8 Å². The topological polar surface area (TPSA) is 60.4 Å². The van der Waals surface area contributed by atoms with Crippen LogP contribution in [0.3, 0.4) is 0 Å². The molecule has 0 aliphatic heterocycles. The minimum Gasteiger partial charge on any atom is -0.459 e. The summed E-state index contributed by atoms with van der Waals surface area (Å²) in [4.78, 5) is 25.9. The second kappa shape index (κ2) is 8.11. The summed E-state index contributed by atoms with van der Waals surface area (Å²) in [7, 11) is -4.10. The van der Waals surface area contributed by atoms with Crippen LogP contribution < -0.4 is 5.30 Å². The number of halogens is 1. The van der Waals surface area contributed by atoms with Crippen LogP contribution in [-0.2, 0) is 9.30 Å². The number of alkyl halides is 1. The van der Waals surface area contributed by atoms with Crippen molar-refractivity contribution in [2.24, 2.45) is 0 Å². The zero-order chi connectivity index (χ0) is 18.6. The van der Waals surface area contributed by atoms with Gasteiger partial charge in [-0.25, -0.2) is 4.79 Å². The van der Waals surface area contributed by atoms with Gasteiger partial charge in [-0.15, -0.1) is 0 Å². The van der Waals surface area contributed by atoms with Crippen molar-refractivity contribution in [2.45, 2.75) is 20.8 Å². The van der Waals surface area contributed by atoms with Crippen molar-refractivity contribution in [3.8, 4) is 0 Å². The molecule has 0 aliphatic rings. The van der Waals surface area contributed by atoms with Crippen molar-refractivity contribution in [1.82, 2.24) is 0 Å². The Labute approximate surface area is 156 Å². The second-order valence-electron chi connectivity index (χ2n) is 5.83. The highest BCUT2D eigenvalue weighted by atomic mass is 79.9. The van der Waals surface area contributed by atoms with E-state index in [1.807, 2.05) is 19.1 Å². The summed E-state index contributed by atoms with van der Waals surface area (Å²) in [6, 6.07) is 11.8. The van der Waals surface area contributed by atoms with Crippen molar-refractivity contribution in [1.29, 1.82) is 0 Å². The van der Waals surface area contributed by atoms with E-state index in [0.29, 0.717) is 22.0 Å². The van der Waals surface area contributed by atoms with Crippen molar-refractivity contribution < 1.29 is 18.9 Å². The number of hydrogen-bond acceptors (Lipinski definition) is 4. The molecule has 1 atom stereocenters. The monoisotopic (exact) mass is 422 g/mol. The summed E-state index contributed by atoms with van der Waals surface area (Å²) >= 11 is 3.16. The summed E-state index contributed by atoms with van der Waals surface area (Å²) in [5.41, 5.74) is 1.09. The highest BCUT2D eigenvalue weighted by Gasteiger charge is 2.44. The molecule has 0 saturated heterocycles. The van der Waals surface area contributed by atoms with E-state index < -0.39 is 18.4 Å². The average molecular weight is 423 g/mol. The van der Waals surface area contributed by atoms with Gasteiger partial charge in [0.25, 0.3) is 7.14 Å². The molecule has 0 amide bonds. The van der Waals surface area contributed by atoms with E-state index in [2.05, 4.69) is 15.9 Å². The third-order valence-corrected chi connectivity index (χ3v) is 6.64. The minimum atomic E-state index is -4.10. The maximum atomic E-state index is 13.7. The number of carbonyl (C=O) groups is 2. The van der Waals surface area contributed by atoms with Crippen molar-refractivity contribution in [3.63, 3.8) is 0 Å². The van der Waals surface area contributed by atoms with Gasteiger partial charge in [-0.3, -0.25) is 9.36 Å². The lowest BCUT2D eigenvalue weighted by Crippen LogP contribution is -2.22.